The van der Waals surface area contributed by atoms with Crippen LogP contribution in [-0.2, 0) is 16.9 Å². The summed E-state index contributed by atoms with van der Waals surface area (Å²) in [6.45, 7) is 6.55. The van der Waals surface area contributed by atoms with Gasteiger partial charge in [0, 0.05) is 18.6 Å². The number of piperidine rings is 1. The molecule has 4 rings (SSSR count). The summed E-state index contributed by atoms with van der Waals surface area (Å²) in [5, 5.41) is 11.6. The molecule has 0 amide bonds. The zero-order valence-electron chi connectivity index (χ0n) is 15.1. The van der Waals surface area contributed by atoms with E-state index in [2.05, 4.69) is 67.3 Å². The molecule has 2 aliphatic heterocycles. The molecule has 132 valence electrons. The van der Waals surface area contributed by atoms with Crippen molar-refractivity contribution in [3.05, 3.63) is 70.8 Å². The van der Waals surface area contributed by atoms with Gasteiger partial charge in [-0.25, -0.2) is 0 Å². The summed E-state index contributed by atoms with van der Waals surface area (Å²) in [7, 11) is 0. The number of morpholine rings is 1. The molecular formula is C22H27NO2. The molecule has 1 N–H and O–H groups in total. The van der Waals surface area contributed by atoms with Crippen LogP contribution in [0.1, 0.15) is 35.1 Å². The van der Waals surface area contributed by atoms with Gasteiger partial charge in [-0.2, -0.15) is 0 Å². The number of fused-ring (bicyclic) bond motifs is 2. The summed E-state index contributed by atoms with van der Waals surface area (Å²) in [6.07, 6.45) is 1.47. The van der Waals surface area contributed by atoms with Gasteiger partial charge in [0.25, 0.3) is 0 Å². The van der Waals surface area contributed by atoms with E-state index in [1.165, 1.54) is 16.7 Å². The second-order valence-electron chi connectivity index (χ2n) is 7.76. The highest BCUT2D eigenvalue weighted by Gasteiger charge is 2.47. The highest BCUT2D eigenvalue weighted by atomic mass is 16.5. The normalized spacial score (nSPS) is 29.6. The Balaban J connectivity index is 1.61. The summed E-state index contributed by atoms with van der Waals surface area (Å²) >= 11 is 0. The topological polar surface area (TPSA) is 32.7 Å². The molecule has 0 saturated carbocycles. The van der Waals surface area contributed by atoms with Crippen molar-refractivity contribution in [2.45, 2.75) is 50.9 Å². The van der Waals surface area contributed by atoms with Gasteiger partial charge in [0.15, 0.2) is 0 Å². The minimum absolute atomic E-state index is 0.262. The standard InChI is InChI=1S/C22H27NO2/c1-16-8-9-17(2)21(10-16)22(24)11-19-14-25-15-20(12-22)23(19)13-18-6-4-3-5-7-18/h3-10,19-20,24H,11-15H2,1-2H3. The van der Waals surface area contributed by atoms with Crippen LogP contribution in [0.25, 0.3) is 0 Å². The number of nitrogens with zero attached hydrogens (tertiary/aromatic N) is 1. The van der Waals surface area contributed by atoms with Crippen molar-refractivity contribution in [1.29, 1.82) is 0 Å². The summed E-state index contributed by atoms with van der Waals surface area (Å²) < 4.78 is 5.83. The second-order valence-corrected chi connectivity index (χ2v) is 7.76. The Morgan fingerprint density at radius 2 is 1.72 bits per heavy atom. The SMILES string of the molecule is Cc1ccc(C)c(C2(O)CC3COCC(C2)N3Cc2ccccc2)c1. The third-order valence-electron chi connectivity index (χ3n) is 5.81. The molecule has 0 aromatic heterocycles. The van der Waals surface area contributed by atoms with Gasteiger partial charge >= 0.3 is 0 Å². The molecule has 0 aliphatic carbocycles. The van der Waals surface area contributed by atoms with E-state index in [0.717, 1.165) is 24.9 Å². The van der Waals surface area contributed by atoms with Crippen LogP contribution in [0.2, 0.25) is 0 Å². The summed E-state index contributed by atoms with van der Waals surface area (Å²) in [5.74, 6) is 0. The monoisotopic (exact) mass is 337 g/mol. The van der Waals surface area contributed by atoms with E-state index in [1.807, 2.05) is 0 Å². The van der Waals surface area contributed by atoms with Crippen LogP contribution in [0.4, 0.5) is 0 Å². The van der Waals surface area contributed by atoms with Crippen molar-refractivity contribution in [2.24, 2.45) is 0 Å². The zero-order chi connectivity index (χ0) is 17.4. The summed E-state index contributed by atoms with van der Waals surface area (Å²) in [5.41, 5.74) is 4.08. The number of rotatable bonds is 3. The molecule has 2 heterocycles. The lowest BCUT2D eigenvalue weighted by molar-refractivity contribution is -0.149. The van der Waals surface area contributed by atoms with E-state index < -0.39 is 5.60 Å². The van der Waals surface area contributed by atoms with Gasteiger partial charge in [-0.05, 0) is 43.4 Å². The Bertz CT molecular complexity index is 729. The number of ether oxygens (including phenoxy) is 1. The third-order valence-corrected chi connectivity index (χ3v) is 5.81. The Hall–Kier alpha value is -1.68. The Morgan fingerprint density at radius 1 is 1.04 bits per heavy atom. The molecule has 2 aliphatic rings. The van der Waals surface area contributed by atoms with Gasteiger partial charge in [0.2, 0.25) is 0 Å². The fourth-order valence-corrected chi connectivity index (χ4v) is 4.55. The van der Waals surface area contributed by atoms with E-state index in [-0.39, 0.29) is 12.1 Å². The van der Waals surface area contributed by atoms with Crippen molar-refractivity contribution in [2.75, 3.05) is 13.2 Å². The Kier molecular flexibility index (Phi) is 4.40. The molecule has 3 nitrogen and oxygen atoms in total. The van der Waals surface area contributed by atoms with E-state index in [9.17, 15) is 5.11 Å². The van der Waals surface area contributed by atoms with Crippen molar-refractivity contribution >= 4 is 0 Å². The van der Waals surface area contributed by atoms with Crippen molar-refractivity contribution < 1.29 is 9.84 Å². The number of hydrogen-bond acceptors (Lipinski definition) is 3. The first kappa shape index (κ1) is 16.8. The van der Waals surface area contributed by atoms with Crippen LogP contribution in [0.15, 0.2) is 48.5 Å². The third kappa shape index (κ3) is 3.24. The van der Waals surface area contributed by atoms with Crippen LogP contribution in [0.5, 0.6) is 0 Å². The molecule has 2 atom stereocenters. The van der Waals surface area contributed by atoms with Crippen LogP contribution in [-0.4, -0.2) is 35.3 Å². The number of benzene rings is 2. The van der Waals surface area contributed by atoms with Gasteiger partial charge in [0.05, 0.1) is 18.8 Å². The quantitative estimate of drug-likeness (QED) is 0.930. The minimum atomic E-state index is -0.748. The van der Waals surface area contributed by atoms with Crippen molar-refractivity contribution in [1.82, 2.24) is 4.90 Å². The first-order chi connectivity index (χ1) is 12.0. The lowest BCUT2D eigenvalue weighted by Crippen LogP contribution is -2.60. The van der Waals surface area contributed by atoms with E-state index in [1.54, 1.807) is 0 Å². The van der Waals surface area contributed by atoms with Gasteiger partial charge < -0.3 is 9.84 Å². The first-order valence-electron chi connectivity index (χ1n) is 9.23. The van der Waals surface area contributed by atoms with Gasteiger partial charge in [-0.3, -0.25) is 4.90 Å². The van der Waals surface area contributed by atoms with Gasteiger partial charge in [-0.1, -0.05) is 54.1 Å². The number of hydrogen-bond donors (Lipinski definition) is 1. The van der Waals surface area contributed by atoms with Gasteiger partial charge in [0.1, 0.15) is 0 Å². The van der Waals surface area contributed by atoms with Crippen LogP contribution in [0.3, 0.4) is 0 Å². The van der Waals surface area contributed by atoms with Crippen molar-refractivity contribution in [3.8, 4) is 0 Å². The number of aliphatic hydroxyl groups is 1. The largest absolute Gasteiger partial charge is 0.385 e. The second kappa shape index (κ2) is 6.56. The first-order valence-corrected chi connectivity index (χ1v) is 9.23. The fourth-order valence-electron chi connectivity index (χ4n) is 4.55. The smallest absolute Gasteiger partial charge is 0.0930 e. The molecule has 0 radical (unpaired) electrons. The molecule has 2 fully saturated rings. The maximum absolute atomic E-state index is 11.6. The minimum Gasteiger partial charge on any atom is -0.385 e. The lowest BCUT2D eigenvalue weighted by atomic mass is 9.75. The van der Waals surface area contributed by atoms with E-state index in [0.29, 0.717) is 13.2 Å². The maximum atomic E-state index is 11.6. The average molecular weight is 337 g/mol. The summed E-state index contributed by atoms with van der Waals surface area (Å²) in [6, 6.07) is 17.6. The van der Waals surface area contributed by atoms with Crippen LogP contribution >= 0.6 is 0 Å². The number of aryl methyl sites for hydroxylation is 2. The Morgan fingerprint density at radius 3 is 2.40 bits per heavy atom. The summed E-state index contributed by atoms with van der Waals surface area (Å²) in [4.78, 5) is 2.54. The molecule has 2 bridgehead atoms. The van der Waals surface area contributed by atoms with E-state index in [4.69, 9.17) is 4.74 Å². The average Bonchev–Trinajstić information content (AvgIpc) is 2.59. The zero-order valence-corrected chi connectivity index (χ0v) is 15.1. The lowest BCUT2D eigenvalue weighted by Gasteiger charge is -2.52. The predicted octanol–water partition coefficient (Wildman–Crippen LogP) is 3.55. The predicted molar refractivity (Wildman–Crippen MR) is 99.4 cm³/mol. The van der Waals surface area contributed by atoms with Gasteiger partial charge in [-0.15, -0.1) is 0 Å². The van der Waals surface area contributed by atoms with E-state index >= 15 is 0 Å². The Labute approximate surface area is 150 Å². The molecule has 2 aromatic rings. The highest BCUT2D eigenvalue weighted by molar-refractivity contribution is 5.36. The molecule has 0 spiro atoms. The molecular weight excluding hydrogens is 310 g/mol. The molecule has 2 saturated heterocycles. The molecule has 25 heavy (non-hydrogen) atoms. The highest BCUT2D eigenvalue weighted by Crippen LogP contribution is 2.42. The molecule has 2 aromatic carbocycles. The van der Waals surface area contributed by atoms with Crippen LogP contribution < -0.4 is 0 Å². The molecule has 2 unspecified atom stereocenters. The maximum Gasteiger partial charge on any atom is 0.0930 e. The van der Waals surface area contributed by atoms with Crippen molar-refractivity contribution in [3.63, 3.8) is 0 Å². The van der Waals surface area contributed by atoms with Crippen LogP contribution in [0, 0.1) is 13.8 Å². The molecule has 3 heteroatoms. The fraction of sp³-hybridized carbons (Fsp3) is 0.455.